The van der Waals surface area contributed by atoms with Crippen LogP contribution in [0, 0.1) is 0 Å². The summed E-state index contributed by atoms with van der Waals surface area (Å²) >= 11 is 19.2. The fraction of sp³-hybridized carbons (Fsp3) is 0.125. The summed E-state index contributed by atoms with van der Waals surface area (Å²) in [5.41, 5.74) is 3.18. The molecule has 2 aromatic heterocycles. The first-order chi connectivity index (χ1) is 15.5. The maximum atomic E-state index is 13.1. The fourth-order valence-corrected chi connectivity index (χ4v) is 4.55. The number of carbonyl (C=O) groups is 1. The molecule has 32 heavy (non-hydrogen) atoms. The monoisotopic (exact) mass is 483 g/mol. The fourth-order valence-electron chi connectivity index (χ4n) is 3.88. The second-order valence-corrected chi connectivity index (χ2v) is 8.53. The molecule has 160 valence electrons. The molecule has 0 bridgehead atoms. The minimum absolute atomic E-state index is 0.172. The highest BCUT2D eigenvalue weighted by Crippen LogP contribution is 2.38. The third-order valence-electron chi connectivity index (χ3n) is 5.46. The number of carbonyl (C=O) groups excluding carboxylic acids is 1. The summed E-state index contributed by atoms with van der Waals surface area (Å²) in [6.45, 7) is 0.527. The molecular weight excluding hydrogens is 469 g/mol. The lowest BCUT2D eigenvalue weighted by Crippen LogP contribution is -2.32. The largest absolute Gasteiger partial charge is 0.493 e. The Morgan fingerprint density at radius 1 is 0.969 bits per heavy atom. The van der Waals surface area contributed by atoms with Crippen LogP contribution in [-0.4, -0.2) is 22.5 Å². The van der Waals surface area contributed by atoms with Crippen molar-refractivity contribution in [2.75, 3.05) is 6.61 Å². The highest BCUT2D eigenvalue weighted by molar-refractivity contribution is 6.44. The van der Waals surface area contributed by atoms with E-state index in [1.807, 2.05) is 30.3 Å². The van der Waals surface area contributed by atoms with E-state index >= 15 is 0 Å². The molecule has 5 nitrogen and oxygen atoms in total. The topological polar surface area (TPSA) is 64.1 Å². The Bertz CT molecular complexity index is 1360. The zero-order valence-electron chi connectivity index (χ0n) is 16.6. The third kappa shape index (κ3) is 3.66. The first-order valence-electron chi connectivity index (χ1n) is 9.94. The van der Waals surface area contributed by atoms with E-state index in [0.29, 0.717) is 45.1 Å². The van der Waals surface area contributed by atoms with Gasteiger partial charge in [-0.05, 0) is 12.1 Å². The maximum Gasteiger partial charge on any atom is 0.254 e. The van der Waals surface area contributed by atoms with E-state index < -0.39 is 0 Å². The lowest BCUT2D eigenvalue weighted by atomic mass is 10.00. The van der Waals surface area contributed by atoms with E-state index in [4.69, 9.17) is 39.5 Å². The molecular formula is C24H16Cl3N3O2. The molecule has 8 heteroatoms. The number of nitrogens with one attached hydrogen (secondary N) is 1. The molecule has 0 saturated heterocycles. The number of hydrogen-bond acceptors (Lipinski definition) is 4. The van der Waals surface area contributed by atoms with Gasteiger partial charge in [-0.1, -0.05) is 65.1 Å². The Hall–Kier alpha value is -2.86. The molecule has 1 N–H and O–H groups in total. The number of nitrogens with zero attached hydrogens (tertiary/aromatic N) is 2. The van der Waals surface area contributed by atoms with Gasteiger partial charge in [-0.2, -0.15) is 0 Å². The average Bonchev–Trinajstić information content (AvgIpc) is 2.81. The molecule has 0 spiro atoms. The highest BCUT2D eigenvalue weighted by atomic mass is 35.5. The van der Waals surface area contributed by atoms with Gasteiger partial charge in [0.1, 0.15) is 5.75 Å². The molecule has 0 aliphatic carbocycles. The molecule has 0 saturated carbocycles. The van der Waals surface area contributed by atoms with Crippen LogP contribution in [0.1, 0.15) is 28.4 Å². The van der Waals surface area contributed by atoms with E-state index in [2.05, 4.69) is 15.3 Å². The zero-order chi connectivity index (χ0) is 22.2. The van der Waals surface area contributed by atoms with Crippen LogP contribution in [0.4, 0.5) is 0 Å². The number of hydrogen-bond donors (Lipinski definition) is 1. The van der Waals surface area contributed by atoms with Crippen molar-refractivity contribution in [3.05, 3.63) is 87.2 Å². The quantitative estimate of drug-likeness (QED) is 0.360. The molecule has 3 heterocycles. The first-order valence-corrected chi connectivity index (χ1v) is 11.1. The predicted octanol–water partition coefficient (Wildman–Crippen LogP) is 6.51. The summed E-state index contributed by atoms with van der Waals surface area (Å²) in [6, 6.07) is 12.9. The van der Waals surface area contributed by atoms with E-state index in [9.17, 15) is 4.79 Å². The highest BCUT2D eigenvalue weighted by Gasteiger charge is 2.25. The summed E-state index contributed by atoms with van der Waals surface area (Å²) in [6.07, 6.45) is 5.39. The van der Waals surface area contributed by atoms with Crippen molar-refractivity contribution in [2.45, 2.75) is 12.5 Å². The summed E-state index contributed by atoms with van der Waals surface area (Å²) < 4.78 is 5.68. The van der Waals surface area contributed by atoms with Crippen LogP contribution in [0.2, 0.25) is 15.1 Å². The Morgan fingerprint density at radius 2 is 1.81 bits per heavy atom. The minimum Gasteiger partial charge on any atom is -0.493 e. The van der Waals surface area contributed by atoms with E-state index in [-0.39, 0.29) is 22.5 Å². The zero-order valence-corrected chi connectivity index (χ0v) is 18.9. The van der Waals surface area contributed by atoms with Crippen molar-refractivity contribution < 1.29 is 9.53 Å². The van der Waals surface area contributed by atoms with E-state index in [0.717, 1.165) is 11.3 Å². The van der Waals surface area contributed by atoms with Gasteiger partial charge in [0.25, 0.3) is 5.91 Å². The average molecular weight is 485 g/mol. The smallest absolute Gasteiger partial charge is 0.254 e. The number of amides is 1. The summed E-state index contributed by atoms with van der Waals surface area (Å²) in [5, 5.41) is 4.73. The van der Waals surface area contributed by atoms with Gasteiger partial charge in [0, 0.05) is 47.1 Å². The van der Waals surface area contributed by atoms with Crippen LogP contribution in [0.3, 0.4) is 0 Å². The van der Waals surface area contributed by atoms with Crippen LogP contribution >= 0.6 is 34.8 Å². The molecule has 0 radical (unpaired) electrons. The number of fused-ring (bicyclic) bond motifs is 2. The lowest BCUT2D eigenvalue weighted by molar-refractivity contribution is 0.0924. The Morgan fingerprint density at radius 3 is 2.69 bits per heavy atom. The predicted molar refractivity (Wildman–Crippen MR) is 127 cm³/mol. The van der Waals surface area contributed by atoms with Gasteiger partial charge in [-0.3, -0.25) is 14.8 Å². The number of pyridine rings is 2. The number of ether oxygens (including phenoxy) is 1. The Labute approximate surface area is 199 Å². The van der Waals surface area contributed by atoms with Crippen LogP contribution < -0.4 is 10.1 Å². The molecule has 1 amide bonds. The summed E-state index contributed by atoms with van der Waals surface area (Å²) in [4.78, 5) is 21.9. The van der Waals surface area contributed by atoms with Crippen molar-refractivity contribution in [2.24, 2.45) is 0 Å². The van der Waals surface area contributed by atoms with Crippen LogP contribution in [-0.2, 0) is 0 Å². The van der Waals surface area contributed by atoms with Crippen LogP contribution in [0.5, 0.6) is 5.75 Å². The number of aromatic nitrogens is 2. The number of para-hydroxylation sites is 1. The molecule has 1 aliphatic rings. The van der Waals surface area contributed by atoms with E-state index in [1.165, 1.54) is 6.20 Å². The van der Waals surface area contributed by atoms with Gasteiger partial charge in [0.2, 0.25) is 0 Å². The maximum absolute atomic E-state index is 13.1. The SMILES string of the molecule is O=C(N[C@H]1CCOc2ccccc21)c1cnc2c(-c3cccc(Cl)c3Cl)cncc2c1Cl. The molecule has 1 atom stereocenters. The van der Waals surface area contributed by atoms with Gasteiger partial charge in [0.05, 0.1) is 38.8 Å². The molecule has 4 aromatic rings. The number of halogens is 3. The molecule has 5 rings (SSSR count). The summed E-state index contributed by atoms with van der Waals surface area (Å²) in [7, 11) is 0. The number of rotatable bonds is 3. The van der Waals surface area contributed by atoms with Crippen molar-refractivity contribution in [1.29, 1.82) is 0 Å². The van der Waals surface area contributed by atoms with Gasteiger partial charge in [-0.25, -0.2) is 0 Å². The van der Waals surface area contributed by atoms with E-state index in [1.54, 1.807) is 24.5 Å². The molecule has 0 unspecified atom stereocenters. The van der Waals surface area contributed by atoms with Crippen LogP contribution in [0.25, 0.3) is 22.0 Å². The Balaban J connectivity index is 1.52. The normalized spacial score (nSPS) is 15.2. The van der Waals surface area contributed by atoms with Gasteiger partial charge in [0.15, 0.2) is 0 Å². The first kappa shape index (κ1) is 21.0. The molecule has 2 aromatic carbocycles. The standard InChI is InChI=1S/C24H16Cl3N3O2/c25-18-6-3-5-13(22(18)27)15-10-28-11-16-21(26)17(12-29-23(15)16)24(31)30-19-8-9-32-20-7-2-1-4-14(19)20/h1-7,10-12,19H,8-9H2,(H,30,31)/t19-/m0/s1. The molecule has 0 fully saturated rings. The van der Waals surface area contributed by atoms with Crippen LogP contribution in [0.15, 0.2) is 61.1 Å². The Kier molecular flexibility index (Phi) is 5.64. The van der Waals surface area contributed by atoms with Gasteiger partial charge < -0.3 is 10.1 Å². The second kappa shape index (κ2) is 8.58. The van der Waals surface area contributed by atoms with Gasteiger partial charge >= 0.3 is 0 Å². The van der Waals surface area contributed by atoms with Gasteiger partial charge in [-0.15, -0.1) is 0 Å². The minimum atomic E-state index is -0.308. The number of benzene rings is 2. The second-order valence-electron chi connectivity index (χ2n) is 7.37. The van der Waals surface area contributed by atoms with Crippen molar-refractivity contribution in [1.82, 2.24) is 15.3 Å². The van der Waals surface area contributed by atoms with Crippen molar-refractivity contribution in [3.63, 3.8) is 0 Å². The third-order valence-corrected chi connectivity index (χ3v) is 6.69. The lowest BCUT2D eigenvalue weighted by Gasteiger charge is -2.26. The summed E-state index contributed by atoms with van der Waals surface area (Å²) in [5.74, 6) is 0.469. The van der Waals surface area contributed by atoms with Crippen molar-refractivity contribution in [3.8, 4) is 16.9 Å². The molecule has 1 aliphatic heterocycles. The van der Waals surface area contributed by atoms with Crippen molar-refractivity contribution >= 4 is 51.6 Å².